The number of ketones is 3. The highest BCUT2D eigenvalue weighted by Gasteiger charge is 2.53. The Balaban J connectivity index is 1.36. The molecule has 21 nitrogen and oxygen atoms in total. The Morgan fingerprint density at radius 2 is 1.53 bits per heavy atom. The number of benzene rings is 1. The van der Waals surface area contributed by atoms with Crippen molar-refractivity contribution in [1.82, 2.24) is 9.80 Å². The number of nitrogens with zero attached hydrogens (tertiary/aromatic N) is 3. The molecule has 87 heavy (non-hydrogen) atoms. The predicted molar refractivity (Wildman–Crippen MR) is 331 cm³/mol. The molecule has 3 aliphatic heterocycles. The van der Waals surface area contributed by atoms with E-state index in [1.807, 2.05) is 56.1 Å². The summed E-state index contributed by atoms with van der Waals surface area (Å²) in [4.78, 5) is 119. The molecule has 1 unspecified atom stereocenters. The summed E-state index contributed by atoms with van der Waals surface area (Å²) in [7, 11) is -0.981. The Hall–Kier alpha value is -4.50. The van der Waals surface area contributed by atoms with Gasteiger partial charge < -0.3 is 63.3 Å². The fourth-order valence-corrected chi connectivity index (χ4v) is 15.9. The number of fused-ring (bicyclic) bond motifs is 3. The van der Waals surface area contributed by atoms with E-state index in [2.05, 4.69) is 0 Å². The zero-order chi connectivity index (χ0) is 64.7. The highest BCUT2D eigenvalue weighted by atomic mass is 31.2. The molecule has 0 aromatic heterocycles. The molecule has 2 amide bonds. The number of likely N-dealkylation sites (N-methyl/N-ethyl adjacent to an activating group) is 2. The Bertz CT molecular complexity index is 2750. The molecule has 5 N–H and O–H groups in total. The van der Waals surface area contributed by atoms with Gasteiger partial charge in [0, 0.05) is 103 Å². The molecule has 1 aromatic carbocycles. The maximum absolute atomic E-state index is 14.7. The van der Waals surface area contributed by atoms with Gasteiger partial charge in [-0.3, -0.25) is 33.1 Å². The second kappa shape index (κ2) is 33.0. The van der Waals surface area contributed by atoms with Gasteiger partial charge in [-0.25, -0.2) is 4.79 Å². The summed E-state index contributed by atoms with van der Waals surface area (Å²) in [5, 5.41) is 23.6. The van der Waals surface area contributed by atoms with Crippen molar-refractivity contribution in [2.24, 2.45) is 41.4 Å². The van der Waals surface area contributed by atoms with Crippen LogP contribution in [-0.2, 0) is 61.6 Å². The fourth-order valence-electron chi connectivity index (χ4n) is 12.7. The molecule has 4 aliphatic rings. The average Bonchev–Trinajstić information content (AvgIpc) is 0.881. The number of esters is 1. The van der Waals surface area contributed by atoms with E-state index in [9.17, 15) is 62.8 Å². The summed E-state index contributed by atoms with van der Waals surface area (Å²) < 4.78 is 54.2. The number of cyclic esters (lactones) is 1. The molecule has 16 atom stereocenters. The number of hydrogen-bond acceptors (Lipinski definition) is 16. The normalized spacial score (nSPS) is 34.0. The summed E-state index contributed by atoms with van der Waals surface area (Å²) in [6, 6.07) is 4.68. The van der Waals surface area contributed by atoms with Crippen molar-refractivity contribution in [3.05, 3.63) is 71.9 Å². The van der Waals surface area contributed by atoms with Gasteiger partial charge in [-0.05, 0) is 137 Å². The molecule has 1 aliphatic carbocycles. The number of aliphatic hydroxyl groups is 2. The van der Waals surface area contributed by atoms with Gasteiger partial charge in [-0.15, -0.1) is 0 Å². The lowest BCUT2D eigenvalue weighted by Crippen LogP contribution is -2.61. The maximum Gasteiger partial charge on any atom is 0.335 e. The highest BCUT2D eigenvalue weighted by molar-refractivity contribution is 7.77. The van der Waals surface area contributed by atoms with Gasteiger partial charge >= 0.3 is 13.6 Å². The molecule has 0 spiro atoms. The molecule has 2 saturated heterocycles. The minimum atomic E-state index is -4.74. The van der Waals surface area contributed by atoms with Gasteiger partial charge in [0.2, 0.25) is 19.1 Å². The van der Waals surface area contributed by atoms with E-state index in [1.165, 1.54) is 24.1 Å². The van der Waals surface area contributed by atoms with E-state index >= 15 is 0 Å². The topological polar surface area (TPSA) is 294 Å². The van der Waals surface area contributed by atoms with Gasteiger partial charge in [-0.1, -0.05) is 71.1 Å². The summed E-state index contributed by atoms with van der Waals surface area (Å²) in [5.41, 5.74) is 1.87. The molecule has 5 rings (SSSR count). The standard InChI is InChI=1S/C64H99N3O18P2/c1-40-18-14-13-15-19-41(2)54(81-10)37-50-26-21-46(7)64(75,85-50)61(72)62(73)67-29-17-16-20-52(67)63(74)84-55(38-53(68)42(3)33-45(6)59(71)60(83-12)58(70)44(5)32-40)43(4)34-47-22-23-48(56(35-47)82-11)36-57(69)66(9)31-30-65(8)49-24-27-51(28-25-49)86(76,77)39-87(78,79)80/h13-15,18-19,24-25,27-28,33,40,42-44,46-48,50,52,54-56,59-60,71,75H,16-17,20-23,26,29-32,34-39H2,1-12H3,(H,76,77)(H2,78,79,80)/b15-13+,18-14+,41-19+,45-33+/t40-,42-,43-,44-,46-,47+,48+,50+,52+,54+,55+,56-,59-,60+,64-/m1/s1. The smallest absolute Gasteiger partial charge is 0.335 e. The van der Waals surface area contributed by atoms with Crippen LogP contribution in [0.4, 0.5) is 5.69 Å². The van der Waals surface area contributed by atoms with Crippen molar-refractivity contribution in [2.45, 2.75) is 180 Å². The largest absolute Gasteiger partial charge is 0.460 e. The van der Waals surface area contributed by atoms with E-state index in [1.54, 1.807) is 79.1 Å². The number of amides is 2. The van der Waals surface area contributed by atoms with Crippen LogP contribution in [0.15, 0.2) is 71.9 Å². The summed E-state index contributed by atoms with van der Waals surface area (Å²) in [6.07, 6.45) is 11.3. The molecule has 1 saturated carbocycles. The van der Waals surface area contributed by atoms with E-state index in [0.29, 0.717) is 82.1 Å². The maximum atomic E-state index is 14.7. The first kappa shape index (κ1) is 73.2. The van der Waals surface area contributed by atoms with Crippen LogP contribution < -0.4 is 10.2 Å². The average molecular weight is 1260 g/mol. The number of piperidine rings is 1. The number of carbonyl (C=O) groups excluding carboxylic acids is 6. The lowest BCUT2D eigenvalue weighted by Gasteiger charge is -2.42. The van der Waals surface area contributed by atoms with Crippen LogP contribution >= 0.6 is 15.0 Å². The summed E-state index contributed by atoms with van der Waals surface area (Å²) in [6.45, 7) is 13.3. The van der Waals surface area contributed by atoms with E-state index in [4.69, 9.17) is 23.7 Å². The number of allylic oxidation sites excluding steroid dienone is 6. The van der Waals surface area contributed by atoms with Gasteiger partial charge in [-0.2, -0.15) is 0 Å². The van der Waals surface area contributed by atoms with Crippen molar-refractivity contribution in [1.29, 1.82) is 0 Å². The molecule has 23 heteroatoms. The second-order valence-electron chi connectivity index (χ2n) is 25.2. The third-order valence-corrected chi connectivity index (χ3v) is 22.5. The van der Waals surface area contributed by atoms with Crippen molar-refractivity contribution >= 4 is 61.1 Å². The first-order valence-corrected chi connectivity index (χ1v) is 34.4. The number of ether oxygens (including phenoxy) is 5. The minimum Gasteiger partial charge on any atom is -0.460 e. The molecular formula is C64H99N3O18P2. The third kappa shape index (κ3) is 20.5. The third-order valence-electron chi connectivity index (χ3n) is 18.4. The van der Waals surface area contributed by atoms with Crippen molar-refractivity contribution in [2.75, 3.05) is 65.9 Å². The number of carbonyl (C=O) groups is 6. The van der Waals surface area contributed by atoms with Gasteiger partial charge in [0.25, 0.3) is 11.7 Å². The molecule has 3 fully saturated rings. The number of rotatable bonds is 15. The summed E-state index contributed by atoms with van der Waals surface area (Å²) >= 11 is 0. The van der Waals surface area contributed by atoms with Crippen LogP contribution in [0, 0.1) is 41.4 Å². The van der Waals surface area contributed by atoms with Gasteiger partial charge in [0.05, 0.1) is 18.3 Å². The van der Waals surface area contributed by atoms with Crippen LogP contribution in [-0.4, -0.2) is 179 Å². The molecule has 3 heterocycles. The molecule has 488 valence electrons. The number of aliphatic hydroxyl groups excluding tert-OH is 1. The molecular weight excluding hydrogens is 1160 g/mol. The number of hydrogen-bond donors (Lipinski definition) is 5. The molecule has 1 aromatic rings. The predicted octanol–water partition coefficient (Wildman–Crippen LogP) is 7.45. The quantitative estimate of drug-likeness (QED) is 0.0493. The Kier molecular flexibility index (Phi) is 27.8. The number of Topliss-reactive ketones (excluding diaryl/α,β-unsaturated/α-hetero) is 3. The molecule has 0 radical (unpaired) electrons. The first-order valence-electron chi connectivity index (χ1n) is 30.7. The SMILES string of the molecule is CO[C@H]1C[C@@H]2CC[C@@H](C)[C@@](O)(O2)C(=O)C(=O)N2CCCC[C@H]2C(=O)O[C@H]([C@H](C)C[C@@H]2CC[C@@H](CC(=O)N(C)CCN(C)c3ccc(P(=O)(O)CP(=O)(O)O)cc3)[C@H](OC)C2)CC(=O)[C@H](C)/C=C(\C)[C@@H](O)[C@@H](OC)C(=O)[C@H](C)C[C@H](C)/C=C/C=C/C=C/1C. The number of methoxy groups -OCH3 is 3. The van der Waals surface area contributed by atoms with Crippen LogP contribution in [0.3, 0.4) is 0 Å². The minimum absolute atomic E-state index is 0.0176. The van der Waals surface area contributed by atoms with Gasteiger partial charge in [0.1, 0.15) is 36.0 Å². The number of anilines is 1. The van der Waals surface area contributed by atoms with E-state index in [-0.39, 0.29) is 78.9 Å². The Labute approximate surface area is 514 Å². The monoisotopic (exact) mass is 1260 g/mol. The highest BCUT2D eigenvalue weighted by Crippen LogP contribution is 2.54. The molecule has 2 bridgehead atoms. The Morgan fingerprint density at radius 1 is 0.839 bits per heavy atom. The zero-order valence-corrected chi connectivity index (χ0v) is 54.9. The van der Waals surface area contributed by atoms with E-state index < -0.39 is 105 Å². The van der Waals surface area contributed by atoms with Crippen LogP contribution in [0.5, 0.6) is 0 Å². The zero-order valence-electron chi connectivity index (χ0n) is 53.2. The van der Waals surface area contributed by atoms with E-state index in [0.717, 1.165) is 5.57 Å². The Morgan fingerprint density at radius 3 is 2.17 bits per heavy atom. The van der Waals surface area contributed by atoms with Crippen molar-refractivity contribution in [3.63, 3.8) is 0 Å². The van der Waals surface area contributed by atoms with Crippen LogP contribution in [0.2, 0.25) is 0 Å². The van der Waals surface area contributed by atoms with Crippen LogP contribution in [0.25, 0.3) is 0 Å². The van der Waals surface area contributed by atoms with Crippen molar-refractivity contribution in [3.8, 4) is 0 Å². The summed E-state index contributed by atoms with van der Waals surface area (Å²) in [5.74, 6) is -9.95. The fraction of sp³-hybridized carbons (Fsp3) is 0.688. The van der Waals surface area contributed by atoms with Crippen LogP contribution in [0.1, 0.15) is 132 Å². The van der Waals surface area contributed by atoms with Gasteiger partial charge in [0.15, 0.2) is 5.78 Å². The lowest BCUT2D eigenvalue weighted by atomic mass is 9.74. The van der Waals surface area contributed by atoms with Crippen molar-refractivity contribution < 1.29 is 86.5 Å². The first-order chi connectivity index (χ1) is 40.8. The lowest BCUT2D eigenvalue weighted by molar-refractivity contribution is -0.265. The second-order valence-corrected chi connectivity index (χ2v) is 29.6.